The van der Waals surface area contributed by atoms with Crippen LogP contribution in [0.25, 0.3) is 11.5 Å². The SMILES string of the molecule is O=C(CSCc1coc(-c2ccccc2)n1)N1CCCc2cc(F)cc(F)c21. The number of hydrogen-bond acceptors (Lipinski definition) is 4. The minimum atomic E-state index is -0.683. The molecular weight excluding hydrogens is 382 g/mol. The number of nitrogens with zero attached hydrogens (tertiary/aromatic N) is 2. The van der Waals surface area contributed by atoms with E-state index >= 15 is 0 Å². The Kier molecular flexibility index (Phi) is 5.43. The van der Waals surface area contributed by atoms with Gasteiger partial charge < -0.3 is 9.32 Å². The number of rotatable bonds is 5. The Morgan fingerprint density at radius 1 is 1.21 bits per heavy atom. The molecule has 7 heteroatoms. The third-order valence-electron chi connectivity index (χ3n) is 4.55. The molecule has 2 heterocycles. The van der Waals surface area contributed by atoms with Gasteiger partial charge >= 0.3 is 0 Å². The van der Waals surface area contributed by atoms with Crippen molar-refractivity contribution in [3.63, 3.8) is 0 Å². The Labute approximate surface area is 165 Å². The van der Waals surface area contributed by atoms with E-state index in [1.807, 2.05) is 30.3 Å². The average Bonchev–Trinajstić information content (AvgIpc) is 3.17. The molecule has 3 aromatic rings. The second kappa shape index (κ2) is 8.14. The molecule has 0 spiro atoms. The molecule has 144 valence electrons. The Bertz CT molecular complexity index is 991. The van der Waals surface area contributed by atoms with Crippen molar-refractivity contribution in [3.05, 3.63) is 71.6 Å². The minimum Gasteiger partial charge on any atom is -0.444 e. The molecule has 0 N–H and O–H groups in total. The molecule has 4 nitrogen and oxygen atoms in total. The summed E-state index contributed by atoms with van der Waals surface area (Å²) < 4.78 is 33.2. The normalized spacial score (nSPS) is 13.4. The predicted molar refractivity (Wildman–Crippen MR) is 105 cm³/mol. The molecular formula is C21H18F2N2O2S. The first-order valence-electron chi connectivity index (χ1n) is 8.97. The maximum Gasteiger partial charge on any atom is 0.237 e. The zero-order chi connectivity index (χ0) is 19.5. The van der Waals surface area contributed by atoms with Gasteiger partial charge in [0, 0.05) is 23.9 Å². The summed E-state index contributed by atoms with van der Waals surface area (Å²) in [4.78, 5) is 18.5. The largest absolute Gasteiger partial charge is 0.444 e. The highest BCUT2D eigenvalue weighted by molar-refractivity contribution is 7.99. The standard InChI is InChI=1S/C21H18F2N2O2S/c22-16-9-15-7-4-8-25(20(15)18(23)10-16)19(26)13-28-12-17-11-27-21(24-17)14-5-2-1-3-6-14/h1-3,5-6,9-11H,4,7-8,12-13H2. The van der Waals surface area contributed by atoms with Crippen LogP contribution in [-0.2, 0) is 17.0 Å². The van der Waals surface area contributed by atoms with Gasteiger partial charge in [0.05, 0.1) is 17.1 Å². The predicted octanol–water partition coefficient (Wildman–Crippen LogP) is 4.83. The van der Waals surface area contributed by atoms with Crippen molar-refractivity contribution in [1.29, 1.82) is 0 Å². The first-order valence-corrected chi connectivity index (χ1v) is 10.1. The molecule has 1 aliphatic heterocycles. The molecule has 1 aliphatic rings. The molecule has 0 saturated heterocycles. The number of aromatic nitrogens is 1. The highest BCUT2D eigenvalue weighted by Gasteiger charge is 2.26. The summed E-state index contributed by atoms with van der Waals surface area (Å²) in [6, 6.07) is 11.7. The Morgan fingerprint density at radius 2 is 2.04 bits per heavy atom. The van der Waals surface area contributed by atoms with Gasteiger partial charge in [-0.05, 0) is 36.6 Å². The van der Waals surface area contributed by atoms with Gasteiger partial charge in [0.15, 0.2) is 0 Å². The van der Waals surface area contributed by atoms with Crippen molar-refractivity contribution in [3.8, 4) is 11.5 Å². The minimum absolute atomic E-state index is 0.184. The zero-order valence-electron chi connectivity index (χ0n) is 15.0. The zero-order valence-corrected chi connectivity index (χ0v) is 15.8. The van der Waals surface area contributed by atoms with Gasteiger partial charge in [-0.3, -0.25) is 4.79 Å². The van der Waals surface area contributed by atoms with Gasteiger partial charge in [0.2, 0.25) is 11.8 Å². The van der Waals surface area contributed by atoms with E-state index in [0.717, 1.165) is 17.3 Å². The molecule has 0 aliphatic carbocycles. The number of anilines is 1. The van der Waals surface area contributed by atoms with E-state index in [0.29, 0.717) is 36.6 Å². The highest BCUT2D eigenvalue weighted by Crippen LogP contribution is 2.31. The van der Waals surface area contributed by atoms with Gasteiger partial charge in [-0.1, -0.05) is 18.2 Å². The Hall–Kier alpha value is -2.67. The van der Waals surface area contributed by atoms with Crippen LogP contribution in [0.1, 0.15) is 17.7 Å². The van der Waals surface area contributed by atoms with Crippen LogP contribution in [0.4, 0.5) is 14.5 Å². The quantitative estimate of drug-likeness (QED) is 0.615. The van der Waals surface area contributed by atoms with Crippen molar-refractivity contribution in [2.45, 2.75) is 18.6 Å². The third-order valence-corrected chi connectivity index (χ3v) is 5.50. The van der Waals surface area contributed by atoms with E-state index in [4.69, 9.17) is 4.42 Å². The van der Waals surface area contributed by atoms with E-state index in [2.05, 4.69) is 4.98 Å². The average molecular weight is 400 g/mol. The van der Waals surface area contributed by atoms with Gasteiger partial charge in [-0.15, -0.1) is 11.8 Å². The molecule has 0 atom stereocenters. The first-order chi connectivity index (χ1) is 13.6. The number of aryl methyl sites for hydroxylation is 1. The first kappa shape index (κ1) is 18.7. The molecule has 1 amide bonds. The lowest BCUT2D eigenvalue weighted by molar-refractivity contribution is -0.116. The maximum atomic E-state index is 14.2. The van der Waals surface area contributed by atoms with Crippen LogP contribution in [0.2, 0.25) is 0 Å². The molecule has 0 unspecified atom stereocenters. The number of thioether (sulfide) groups is 1. The van der Waals surface area contributed by atoms with Crippen LogP contribution in [0.5, 0.6) is 0 Å². The molecule has 0 radical (unpaired) electrons. The number of amides is 1. The topological polar surface area (TPSA) is 46.3 Å². The number of hydrogen-bond donors (Lipinski definition) is 0. The monoisotopic (exact) mass is 400 g/mol. The molecule has 0 saturated carbocycles. The van der Waals surface area contributed by atoms with E-state index < -0.39 is 11.6 Å². The van der Waals surface area contributed by atoms with Crippen LogP contribution in [0.3, 0.4) is 0 Å². The smallest absolute Gasteiger partial charge is 0.237 e. The van der Waals surface area contributed by atoms with Crippen LogP contribution < -0.4 is 4.90 Å². The van der Waals surface area contributed by atoms with Crippen molar-refractivity contribution in [1.82, 2.24) is 4.98 Å². The second-order valence-corrected chi connectivity index (χ2v) is 7.53. The number of carbonyl (C=O) groups excluding carboxylic acids is 1. The number of benzene rings is 2. The molecule has 4 rings (SSSR count). The second-order valence-electron chi connectivity index (χ2n) is 6.55. The van der Waals surface area contributed by atoms with E-state index in [1.165, 1.54) is 22.7 Å². The van der Waals surface area contributed by atoms with Crippen molar-refractivity contribution < 1.29 is 18.0 Å². The molecule has 1 aromatic heterocycles. The fourth-order valence-corrected chi connectivity index (χ4v) is 4.08. The third kappa shape index (κ3) is 3.94. The Morgan fingerprint density at radius 3 is 2.86 bits per heavy atom. The van der Waals surface area contributed by atoms with Gasteiger partial charge in [0.1, 0.15) is 17.9 Å². The molecule has 0 bridgehead atoms. The van der Waals surface area contributed by atoms with E-state index in [1.54, 1.807) is 6.26 Å². The van der Waals surface area contributed by atoms with E-state index in [-0.39, 0.29) is 17.3 Å². The summed E-state index contributed by atoms with van der Waals surface area (Å²) in [6.45, 7) is 0.442. The summed E-state index contributed by atoms with van der Waals surface area (Å²) in [5, 5.41) is 0. The van der Waals surface area contributed by atoms with Crippen molar-refractivity contribution in [2.24, 2.45) is 0 Å². The molecule has 2 aromatic carbocycles. The summed E-state index contributed by atoms with van der Waals surface area (Å²) in [5.41, 5.74) is 2.39. The number of carbonyl (C=O) groups is 1. The lowest BCUT2D eigenvalue weighted by Crippen LogP contribution is -2.37. The highest BCUT2D eigenvalue weighted by atomic mass is 32.2. The summed E-state index contributed by atoms with van der Waals surface area (Å²) in [6.07, 6.45) is 2.84. The number of fused-ring (bicyclic) bond motifs is 1. The summed E-state index contributed by atoms with van der Waals surface area (Å²) >= 11 is 1.39. The van der Waals surface area contributed by atoms with Crippen LogP contribution >= 0.6 is 11.8 Å². The Balaban J connectivity index is 1.38. The van der Waals surface area contributed by atoms with Crippen LogP contribution in [-0.4, -0.2) is 23.2 Å². The van der Waals surface area contributed by atoms with Gasteiger partial charge in [-0.2, -0.15) is 0 Å². The lowest BCUT2D eigenvalue weighted by atomic mass is 10.0. The fourth-order valence-electron chi connectivity index (χ4n) is 3.31. The van der Waals surface area contributed by atoms with E-state index in [9.17, 15) is 13.6 Å². The molecule has 28 heavy (non-hydrogen) atoms. The number of halogens is 2. The fraction of sp³-hybridized carbons (Fsp3) is 0.238. The van der Waals surface area contributed by atoms with Crippen molar-refractivity contribution in [2.75, 3.05) is 17.2 Å². The van der Waals surface area contributed by atoms with Gasteiger partial charge in [0.25, 0.3) is 0 Å². The number of oxazole rings is 1. The van der Waals surface area contributed by atoms with Crippen LogP contribution in [0, 0.1) is 11.6 Å². The summed E-state index contributed by atoms with van der Waals surface area (Å²) in [7, 11) is 0. The maximum absolute atomic E-state index is 14.2. The van der Waals surface area contributed by atoms with Gasteiger partial charge in [-0.25, -0.2) is 13.8 Å². The lowest BCUT2D eigenvalue weighted by Gasteiger charge is -2.29. The summed E-state index contributed by atoms with van der Waals surface area (Å²) in [5.74, 6) is -0.254. The molecule has 0 fully saturated rings. The van der Waals surface area contributed by atoms with Crippen molar-refractivity contribution >= 4 is 23.4 Å². The van der Waals surface area contributed by atoms with Crippen LogP contribution in [0.15, 0.2) is 53.1 Å².